The predicted octanol–water partition coefficient (Wildman–Crippen LogP) is 1.63. The van der Waals surface area contributed by atoms with Gasteiger partial charge in [-0.1, -0.05) is 0 Å². The molecule has 0 bridgehead atoms. The van der Waals surface area contributed by atoms with Crippen molar-refractivity contribution in [3.05, 3.63) is 29.1 Å². The quantitative estimate of drug-likeness (QED) is 0.823. The summed E-state index contributed by atoms with van der Waals surface area (Å²) in [4.78, 5) is 0. The van der Waals surface area contributed by atoms with Crippen molar-refractivity contribution in [2.24, 2.45) is 0 Å². The summed E-state index contributed by atoms with van der Waals surface area (Å²) in [7, 11) is 1.31. The molecule has 0 aliphatic rings. The molecule has 1 N–H and O–H groups in total. The standard InChI is InChI=1S/C11H12FNO2/c1-7(14)3-8-4-9(6-13)11(15-2)10(12)5-8/h4-5,7,14H,3H2,1-2H3. The molecule has 80 valence electrons. The number of hydrogen-bond acceptors (Lipinski definition) is 3. The van der Waals surface area contributed by atoms with Gasteiger partial charge in [0.25, 0.3) is 0 Å². The molecule has 1 atom stereocenters. The van der Waals surface area contributed by atoms with Gasteiger partial charge in [0.15, 0.2) is 11.6 Å². The van der Waals surface area contributed by atoms with E-state index in [1.54, 1.807) is 6.92 Å². The van der Waals surface area contributed by atoms with E-state index in [4.69, 9.17) is 15.1 Å². The topological polar surface area (TPSA) is 53.2 Å². The molecule has 4 heteroatoms. The van der Waals surface area contributed by atoms with E-state index >= 15 is 0 Å². The fourth-order valence-corrected chi connectivity index (χ4v) is 1.40. The van der Waals surface area contributed by atoms with Crippen molar-refractivity contribution in [1.29, 1.82) is 5.26 Å². The van der Waals surface area contributed by atoms with Crippen LogP contribution >= 0.6 is 0 Å². The Balaban J connectivity index is 3.15. The van der Waals surface area contributed by atoms with E-state index in [-0.39, 0.29) is 11.3 Å². The zero-order chi connectivity index (χ0) is 11.4. The van der Waals surface area contributed by atoms with Crippen LogP contribution in [0.5, 0.6) is 5.75 Å². The molecule has 0 saturated heterocycles. The van der Waals surface area contributed by atoms with E-state index < -0.39 is 11.9 Å². The van der Waals surface area contributed by atoms with E-state index in [1.807, 2.05) is 6.07 Å². The number of benzene rings is 1. The van der Waals surface area contributed by atoms with Crippen LogP contribution in [0.3, 0.4) is 0 Å². The maximum absolute atomic E-state index is 13.4. The molecule has 0 aliphatic carbocycles. The molecule has 0 fully saturated rings. The van der Waals surface area contributed by atoms with E-state index in [0.717, 1.165) is 0 Å². The lowest BCUT2D eigenvalue weighted by Gasteiger charge is -2.08. The fourth-order valence-electron chi connectivity index (χ4n) is 1.40. The average Bonchev–Trinajstić information content (AvgIpc) is 2.15. The lowest BCUT2D eigenvalue weighted by atomic mass is 10.0. The molecule has 1 unspecified atom stereocenters. The SMILES string of the molecule is COc1c(F)cc(CC(C)O)cc1C#N. The molecule has 1 aromatic carbocycles. The van der Waals surface area contributed by atoms with Gasteiger partial charge in [0.1, 0.15) is 6.07 Å². The smallest absolute Gasteiger partial charge is 0.172 e. The zero-order valence-electron chi connectivity index (χ0n) is 8.62. The number of methoxy groups -OCH3 is 1. The first-order valence-corrected chi connectivity index (χ1v) is 4.53. The Hall–Kier alpha value is -1.60. The molecule has 3 nitrogen and oxygen atoms in total. The molecule has 0 aromatic heterocycles. The minimum Gasteiger partial charge on any atom is -0.492 e. The Labute approximate surface area is 87.7 Å². The monoisotopic (exact) mass is 209 g/mol. The summed E-state index contributed by atoms with van der Waals surface area (Å²) in [5.41, 5.74) is 0.730. The van der Waals surface area contributed by atoms with Crippen molar-refractivity contribution in [2.75, 3.05) is 7.11 Å². The summed E-state index contributed by atoms with van der Waals surface area (Å²) in [6.45, 7) is 1.61. The van der Waals surface area contributed by atoms with Gasteiger partial charge in [-0.05, 0) is 31.0 Å². The van der Waals surface area contributed by atoms with Gasteiger partial charge in [0.2, 0.25) is 0 Å². The molecule has 0 radical (unpaired) electrons. The summed E-state index contributed by atoms with van der Waals surface area (Å²) >= 11 is 0. The third-order valence-corrected chi connectivity index (χ3v) is 1.96. The zero-order valence-corrected chi connectivity index (χ0v) is 8.62. The number of nitrogens with zero attached hydrogens (tertiary/aromatic N) is 1. The van der Waals surface area contributed by atoms with Crippen molar-refractivity contribution in [2.45, 2.75) is 19.4 Å². The Bertz CT molecular complexity index is 396. The maximum atomic E-state index is 13.4. The third-order valence-electron chi connectivity index (χ3n) is 1.96. The van der Waals surface area contributed by atoms with Crippen molar-refractivity contribution in [1.82, 2.24) is 0 Å². The number of nitriles is 1. The summed E-state index contributed by atoms with van der Waals surface area (Å²) in [6.07, 6.45) is -0.250. The molecule has 0 saturated carbocycles. The van der Waals surface area contributed by atoms with Crippen LogP contribution in [0.25, 0.3) is 0 Å². The number of rotatable bonds is 3. The molecule has 1 aromatic rings. The normalized spacial score (nSPS) is 11.9. The highest BCUT2D eigenvalue weighted by atomic mass is 19.1. The van der Waals surface area contributed by atoms with Gasteiger partial charge in [-0.3, -0.25) is 0 Å². The Morgan fingerprint density at radius 3 is 2.73 bits per heavy atom. The molecule has 0 heterocycles. The highest BCUT2D eigenvalue weighted by Crippen LogP contribution is 2.24. The van der Waals surface area contributed by atoms with E-state index in [1.165, 1.54) is 19.2 Å². The van der Waals surface area contributed by atoms with Crippen LogP contribution in [0.2, 0.25) is 0 Å². The van der Waals surface area contributed by atoms with E-state index in [9.17, 15) is 4.39 Å². The minimum atomic E-state index is -0.577. The molecule has 0 aliphatic heterocycles. The van der Waals surface area contributed by atoms with Crippen molar-refractivity contribution >= 4 is 0 Å². The number of ether oxygens (including phenoxy) is 1. The second-order valence-corrected chi connectivity index (χ2v) is 3.32. The average molecular weight is 209 g/mol. The summed E-state index contributed by atoms with van der Waals surface area (Å²) in [6, 6.07) is 4.65. The molecule has 1 rings (SSSR count). The summed E-state index contributed by atoms with van der Waals surface area (Å²) < 4.78 is 18.2. The Morgan fingerprint density at radius 2 is 2.27 bits per heavy atom. The highest BCUT2D eigenvalue weighted by Gasteiger charge is 2.12. The van der Waals surface area contributed by atoms with Crippen molar-refractivity contribution in [3.8, 4) is 11.8 Å². The first-order valence-electron chi connectivity index (χ1n) is 4.53. The highest BCUT2D eigenvalue weighted by molar-refractivity contribution is 5.46. The summed E-state index contributed by atoms with van der Waals surface area (Å²) in [5, 5.41) is 17.9. The van der Waals surface area contributed by atoms with Gasteiger partial charge in [-0.25, -0.2) is 4.39 Å². The first kappa shape index (κ1) is 11.5. The molecular weight excluding hydrogens is 197 g/mol. The van der Waals surface area contributed by atoms with Crippen LogP contribution in [0.1, 0.15) is 18.1 Å². The van der Waals surface area contributed by atoms with E-state index in [0.29, 0.717) is 12.0 Å². The molecule has 15 heavy (non-hydrogen) atoms. The number of aliphatic hydroxyl groups is 1. The van der Waals surface area contributed by atoms with Gasteiger partial charge >= 0.3 is 0 Å². The number of hydrogen-bond donors (Lipinski definition) is 1. The van der Waals surface area contributed by atoms with Gasteiger partial charge < -0.3 is 9.84 Å². The number of aliphatic hydroxyl groups excluding tert-OH is 1. The third kappa shape index (κ3) is 2.67. The number of halogens is 1. The van der Waals surface area contributed by atoms with Crippen molar-refractivity contribution in [3.63, 3.8) is 0 Å². The lowest BCUT2D eigenvalue weighted by molar-refractivity contribution is 0.195. The second kappa shape index (κ2) is 4.76. The van der Waals surface area contributed by atoms with Crippen LogP contribution in [0, 0.1) is 17.1 Å². The molecule has 0 spiro atoms. The fraction of sp³-hybridized carbons (Fsp3) is 0.364. The second-order valence-electron chi connectivity index (χ2n) is 3.32. The largest absolute Gasteiger partial charge is 0.492 e. The summed E-state index contributed by atoms with van der Waals surface area (Å²) in [5.74, 6) is -0.626. The van der Waals surface area contributed by atoms with Gasteiger partial charge in [-0.2, -0.15) is 5.26 Å². The molecular formula is C11H12FNO2. The Morgan fingerprint density at radius 1 is 1.60 bits per heavy atom. The lowest BCUT2D eigenvalue weighted by Crippen LogP contribution is -2.05. The van der Waals surface area contributed by atoms with E-state index in [2.05, 4.69) is 0 Å². The van der Waals surface area contributed by atoms with Crippen LogP contribution in [-0.4, -0.2) is 18.3 Å². The predicted molar refractivity (Wildman–Crippen MR) is 53.1 cm³/mol. The minimum absolute atomic E-state index is 0.0492. The van der Waals surface area contributed by atoms with Crippen molar-refractivity contribution < 1.29 is 14.2 Å². The van der Waals surface area contributed by atoms with Crippen LogP contribution in [-0.2, 0) is 6.42 Å². The van der Waals surface area contributed by atoms with Crippen LogP contribution in [0.15, 0.2) is 12.1 Å². The van der Waals surface area contributed by atoms with Gasteiger partial charge in [0.05, 0.1) is 18.8 Å². The van der Waals surface area contributed by atoms with Crippen LogP contribution in [0.4, 0.5) is 4.39 Å². The van der Waals surface area contributed by atoms with Gasteiger partial charge in [-0.15, -0.1) is 0 Å². The van der Waals surface area contributed by atoms with Crippen LogP contribution < -0.4 is 4.74 Å². The Kier molecular flexibility index (Phi) is 3.64. The van der Waals surface area contributed by atoms with Gasteiger partial charge in [0, 0.05) is 0 Å². The maximum Gasteiger partial charge on any atom is 0.172 e. The first-order chi connectivity index (χ1) is 7.08. The molecule has 0 amide bonds.